The molecule has 2 aliphatic heterocycles. The van der Waals surface area contributed by atoms with E-state index in [2.05, 4.69) is 5.32 Å². The lowest BCUT2D eigenvalue weighted by atomic mass is 9.95. The van der Waals surface area contributed by atoms with E-state index in [1.807, 2.05) is 30.3 Å². The number of benzene rings is 1. The lowest BCUT2D eigenvalue weighted by Crippen LogP contribution is -2.66. The fraction of sp³-hybridized carbons (Fsp3) is 0.684. The van der Waals surface area contributed by atoms with Crippen LogP contribution in [0.1, 0.15) is 5.56 Å². The van der Waals surface area contributed by atoms with E-state index in [9.17, 15) is 35.7 Å². The molecule has 0 aliphatic carbocycles. The van der Waals surface area contributed by atoms with Crippen LogP contribution in [0.25, 0.3) is 0 Å². The lowest BCUT2D eigenvalue weighted by Gasteiger charge is -2.46. The average molecular weight is 431 g/mol. The van der Waals surface area contributed by atoms with Gasteiger partial charge in [-0.2, -0.15) is 0 Å². The van der Waals surface area contributed by atoms with Gasteiger partial charge in [-0.15, -0.1) is 0 Å². The Morgan fingerprint density at radius 2 is 1.47 bits per heavy atom. The molecule has 0 radical (unpaired) electrons. The van der Waals surface area contributed by atoms with Crippen LogP contribution in [0.15, 0.2) is 30.3 Å². The van der Waals surface area contributed by atoms with Gasteiger partial charge in [0.2, 0.25) is 0 Å². The Morgan fingerprint density at radius 3 is 2.10 bits per heavy atom. The minimum absolute atomic E-state index is 0.305. The number of rotatable bonds is 7. The molecule has 11 nitrogen and oxygen atoms in total. The van der Waals surface area contributed by atoms with Crippen LogP contribution < -0.4 is 5.32 Å². The van der Waals surface area contributed by atoms with E-state index in [4.69, 9.17) is 14.2 Å². The van der Waals surface area contributed by atoms with E-state index in [1.54, 1.807) is 0 Å². The molecular weight excluding hydrogens is 402 g/mol. The predicted molar refractivity (Wildman–Crippen MR) is 99.7 cm³/mol. The van der Waals surface area contributed by atoms with E-state index < -0.39 is 74.6 Å². The van der Waals surface area contributed by atoms with Gasteiger partial charge in [-0.25, -0.2) is 0 Å². The lowest BCUT2D eigenvalue weighted by molar-refractivity contribution is -0.345. The number of hydrogen-bond acceptors (Lipinski definition) is 11. The molecule has 8 N–H and O–H groups in total. The second-order valence-corrected chi connectivity index (χ2v) is 7.43. The molecule has 0 amide bonds. The Kier molecular flexibility index (Phi) is 8.12. The van der Waals surface area contributed by atoms with Gasteiger partial charge in [0, 0.05) is 6.54 Å². The maximum Gasteiger partial charge on any atom is 0.187 e. The maximum absolute atomic E-state index is 10.8. The molecule has 30 heavy (non-hydrogen) atoms. The van der Waals surface area contributed by atoms with E-state index >= 15 is 0 Å². The Hall–Kier alpha value is -1.22. The van der Waals surface area contributed by atoms with Gasteiger partial charge < -0.3 is 55.3 Å². The largest absolute Gasteiger partial charge is 0.394 e. The van der Waals surface area contributed by atoms with Gasteiger partial charge >= 0.3 is 0 Å². The van der Waals surface area contributed by atoms with Crippen molar-refractivity contribution < 1.29 is 50.0 Å². The van der Waals surface area contributed by atoms with Gasteiger partial charge in [-0.05, 0) is 5.56 Å². The Bertz CT molecular complexity index is 649. The SMILES string of the molecule is OCC1O[C@@H](O[C@H]2C(CO)OC(O)C(NCc3ccccc3)[C@H]2O)C(O)[C@@H](O)[C@H]1O. The summed E-state index contributed by atoms with van der Waals surface area (Å²) in [4.78, 5) is 0. The van der Waals surface area contributed by atoms with E-state index in [-0.39, 0.29) is 0 Å². The smallest absolute Gasteiger partial charge is 0.187 e. The Morgan fingerprint density at radius 1 is 0.800 bits per heavy atom. The molecule has 2 saturated heterocycles. The third kappa shape index (κ3) is 4.98. The fourth-order valence-corrected chi connectivity index (χ4v) is 3.64. The van der Waals surface area contributed by atoms with E-state index in [0.717, 1.165) is 5.56 Å². The number of hydrogen-bond donors (Lipinski definition) is 8. The van der Waals surface area contributed by atoms with Crippen molar-refractivity contribution in [2.45, 2.75) is 67.9 Å². The van der Waals surface area contributed by atoms with Crippen molar-refractivity contribution in [2.24, 2.45) is 0 Å². The molecule has 1 aromatic rings. The zero-order chi connectivity index (χ0) is 21.8. The van der Waals surface area contributed by atoms with Gasteiger partial charge in [0.25, 0.3) is 0 Å². The van der Waals surface area contributed by atoms with Crippen LogP contribution >= 0.6 is 0 Å². The topological polar surface area (TPSA) is 181 Å². The summed E-state index contributed by atoms with van der Waals surface area (Å²) in [7, 11) is 0. The zero-order valence-corrected chi connectivity index (χ0v) is 16.1. The summed E-state index contributed by atoms with van der Waals surface area (Å²) in [5, 5.41) is 72.9. The first-order chi connectivity index (χ1) is 14.4. The van der Waals surface area contributed by atoms with Crippen molar-refractivity contribution in [3.8, 4) is 0 Å². The number of ether oxygens (including phenoxy) is 3. The van der Waals surface area contributed by atoms with Crippen molar-refractivity contribution >= 4 is 0 Å². The first-order valence-electron chi connectivity index (χ1n) is 9.73. The summed E-state index contributed by atoms with van der Waals surface area (Å²) >= 11 is 0. The van der Waals surface area contributed by atoms with E-state index in [1.165, 1.54) is 0 Å². The molecular formula is C19H29NO10. The molecule has 1 aromatic carbocycles. The highest BCUT2D eigenvalue weighted by Crippen LogP contribution is 2.28. The second kappa shape index (κ2) is 10.4. The van der Waals surface area contributed by atoms with Crippen molar-refractivity contribution in [3.05, 3.63) is 35.9 Å². The number of nitrogens with one attached hydrogen (secondary N) is 1. The highest BCUT2D eigenvalue weighted by atomic mass is 16.7. The van der Waals surface area contributed by atoms with Crippen LogP contribution in [0.2, 0.25) is 0 Å². The third-order valence-corrected chi connectivity index (χ3v) is 5.40. The molecule has 0 spiro atoms. The minimum Gasteiger partial charge on any atom is -0.394 e. The van der Waals surface area contributed by atoms with Crippen molar-refractivity contribution in [1.29, 1.82) is 0 Å². The number of aliphatic hydroxyl groups is 7. The van der Waals surface area contributed by atoms with Gasteiger partial charge in [-0.3, -0.25) is 0 Å². The van der Waals surface area contributed by atoms with Crippen LogP contribution in [0.5, 0.6) is 0 Å². The predicted octanol–water partition coefficient (Wildman–Crippen LogP) is -3.60. The van der Waals surface area contributed by atoms with Gasteiger partial charge in [-0.1, -0.05) is 30.3 Å². The molecule has 2 fully saturated rings. The van der Waals surface area contributed by atoms with Crippen molar-refractivity contribution in [2.75, 3.05) is 13.2 Å². The van der Waals surface area contributed by atoms with Crippen LogP contribution in [0.4, 0.5) is 0 Å². The molecule has 0 saturated carbocycles. The summed E-state index contributed by atoms with van der Waals surface area (Å²) in [5.74, 6) is 0. The highest BCUT2D eigenvalue weighted by molar-refractivity contribution is 5.14. The minimum atomic E-state index is -1.68. The van der Waals surface area contributed by atoms with Gasteiger partial charge in [0.15, 0.2) is 12.6 Å². The molecule has 0 aromatic heterocycles. The first kappa shape index (κ1) is 23.4. The summed E-state index contributed by atoms with van der Waals surface area (Å²) < 4.78 is 16.3. The summed E-state index contributed by atoms with van der Waals surface area (Å²) in [5.41, 5.74) is 0.896. The van der Waals surface area contributed by atoms with Crippen LogP contribution in [0.3, 0.4) is 0 Å². The molecule has 3 rings (SSSR count). The molecule has 11 heteroatoms. The van der Waals surface area contributed by atoms with Gasteiger partial charge in [0.05, 0.1) is 19.3 Å². The molecule has 0 bridgehead atoms. The average Bonchev–Trinajstić information content (AvgIpc) is 2.76. The normalized spacial score (nSPS) is 42.2. The molecule has 2 heterocycles. The van der Waals surface area contributed by atoms with Crippen LogP contribution in [-0.2, 0) is 20.8 Å². The monoisotopic (exact) mass is 431 g/mol. The molecule has 170 valence electrons. The van der Waals surface area contributed by atoms with Crippen LogP contribution in [-0.4, -0.2) is 110 Å². The second-order valence-electron chi connectivity index (χ2n) is 7.43. The number of aliphatic hydroxyl groups excluding tert-OH is 7. The molecule has 2 aliphatic rings. The Labute approximate surface area is 173 Å². The summed E-state index contributed by atoms with van der Waals surface area (Å²) in [6, 6.07) is 8.25. The van der Waals surface area contributed by atoms with Crippen molar-refractivity contribution in [3.63, 3.8) is 0 Å². The van der Waals surface area contributed by atoms with Crippen LogP contribution in [0, 0.1) is 0 Å². The molecule has 5 unspecified atom stereocenters. The maximum atomic E-state index is 10.8. The fourth-order valence-electron chi connectivity index (χ4n) is 3.64. The molecule has 10 atom stereocenters. The summed E-state index contributed by atoms with van der Waals surface area (Å²) in [6.07, 6.45) is -12.9. The Balaban J connectivity index is 1.71. The van der Waals surface area contributed by atoms with Crippen molar-refractivity contribution in [1.82, 2.24) is 5.32 Å². The van der Waals surface area contributed by atoms with E-state index in [0.29, 0.717) is 6.54 Å². The third-order valence-electron chi connectivity index (χ3n) is 5.40. The quantitative estimate of drug-likeness (QED) is 0.214. The zero-order valence-electron chi connectivity index (χ0n) is 16.1. The summed E-state index contributed by atoms with van der Waals surface area (Å²) in [6.45, 7) is -0.945. The highest BCUT2D eigenvalue weighted by Gasteiger charge is 2.50. The standard InChI is InChI=1S/C19H29NO10/c21-7-10-13(23)15(25)16(26)19(29-10)30-17-11(8-22)28-18(27)12(14(17)24)20-6-9-4-2-1-3-5-9/h1-5,10-27H,6-8H2/t10?,11?,12?,13-,14+,15-,16?,17-,18?,19-/m0/s1. The van der Waals surface area contributed by atoms with Gasteiger partial charge in [0.1, 0.15) is 42.7 Å². The first-order valence-corrected chi connectivity index (χ1v) is 9.73.